The van der Waals surface area contributed by atoms with Gasteiger partial charge in [-0.1, -0.05) is 150 Å². The molecule has 21 nitrogen and oxygen atoms in total. The first-order valence-electron chi connectivity index (χ1n) is 42.9. The maximum Gasteiger partial charge on any atom is 2.00 e. The summed E-state index contributed by atoms with van der Waals surface area (Å²) in [6.07, 6.45) is 20.1. The molecule has 0 bridgehead atoms. The molecule has 0 aliphatic heterocycles. The molecule has 0 spiro atoms. The van der Waals surface area contributed by atoms with Crippen molar-refractivity contribution < 1.29 is 77.4 Å². The number of para-hydroxylation sites is 6. The summed E-state index contributed by atoms with van der Waals surface area (Å²) in [4.78, 5) is 27.0. The summed E-state index contributed by atoms with van der Waals surface area (Å²) in [5.74, 6) is 6.79. The van der Waals surface area contributed by atoms with E-state index >= 15 is 0 Å². The molecule has 27 aromatic rings. The number of fused-ring (bicyclic) bond motifs is 18. The van der Waals surface area contributed by atoms with Gasteiger partial charge in [0.2, 0.25) is 0 Å². The molecular formula is C111H66N18O3Pt3. The Kier molecular flexibility index (Phi) is 22.2. The van der Waals surface area contributed by atoms with Gasteiger partial charge in [0.05, 0.1) is 80.1 Å². The molecule has 0 fully saturated rings. The van der Waals surface area contributed by atoms with Crippen molar-refractivity contribution in [3.8, 4) is 86.2 Å². The summed E-state index contributed by atoms with van der Waals surface area (Å²) in [6.45, 7) is 0. The molecule has 648 valence electrons. The summed E-state index contributed by atoms with van der Waals surface area (Å²) in [7, 11) is 0. The predicted octanol–water partition coefficient (Wildman–Crippen LogP) is 24.7. The van der Waals surface area contributed by atoms with Crippen molar-refractivity contribution in [1.29, 1.82) is 0 Å². The first kappa shape index (κ1) is 84.0. The average molecular weight is 2290 g/mol. The molecule has 0 aliphatic rings. The molecule has 0 saturated carbocycles. The number of hydrogen-bond donors (Lipinski definition) is 0. The minimum absolute atomic E-state index is 0. The van der Waals surface area contributed by atoms with Crippen LogP contribution in [0.1, 0.15) is 0 Å². The van der Waals surface area contributed by atoms with E-state index in [2.05, 4.69) is 221 Å². The summed E-state index contributed by atoms with van der Waals surface area (Å²) in [6, 6.07) is 132. The average Bonchev–Trinajstić information content (AvgIpc) is 1.57. The minimum atomic E-state index is 0. The second-order valence-electron chi connectivity index (χ2n) is 31.4. The van der Waals surface area contributed by atoms with Crippen LogP contribution in [0.25, 0.3) is 183 Å². The van der Waals surface area contributed by atoms with Crippen molar-refractivity contribution in [2.45, 2.75) is 0 Å². The molecule has 15 heterocycles. The first-order chi connectivity index (χ1) is 65.5. The Balaban J connectivity index is 0.000000116. The fourth-order valence-corrected chi connectivity index (χ4v) is 18.3. The van der Waals surface area contributed by atoms with E-state index in [1.165, 1.54) is 0 Å². The number of pyridine rings is 6. The van der Waals surface area contributed by atoms with Crippen molar-refractivity contribution in [2.75, 3.05) is 0 Å². The van der Waals surface area contributed by atoms with Gasteiger partial charge in [-0.15, -0.1) is 107 Å². The molecule has 0 aliphatic carbocycles. The Bertz CT molecular complexity index is 8280. The zero-order chi connectivity index (χ0) is 87.1. The Morgan fingerprint density at radius 3 is 0.837 bits per heavy atom. The van der Waals surface area contributed by atoms with E-state index in [-0.39, 0.29) is 63.2 Å². The van der Waals surface area contributed by atoms with Crippen LogP contribution in [0.2, 0.25) is 0 Å². The van der Waals surface area contributed by atoms with Gasteiger partial charge in [-0.3, -0.25) is 28.6 Å². The van der Waals surface area contributed by atoms with E-state index in [1.54, 1.807) is 43.4 Å². The summed E-state index contributed by atoms with van der Waals surface area (Å²) in [5.41, 5.74) is 19.4. The fraction of sp³-hybridized carbons (Fsp3) is 0. The van der Waals surface area contributed by atoms with Crippen molar-refractivity contribution >= 4 is 131 Å². The van der Waals surface area contributed by atoms with Crippen LogP contribution in [0.5, 0.6) is 34.5 Å². The van der Waals surface area contributed by atoms with Crippen molar-refractivity contribution in [2.24, 2.45) is 0 Å². The third kappa shape index (κ3) is 14.8. The van der Waals surface area contributed by atoms with Crippen molar-refractivity contribution in [1.82, 2.24) is 86.6 Å². The fourth-order valence-electron chi connectivity index (χ4n) is 18.3. The van der Waals surface area contributed by atoms with Gasteiger partial charge in [0.1, 0.15) is 23.3 Å². The summed E-state index contributed by atoms with van der Waals surface area (Å²) >= 11 is 0. The van der Waals surface area contributed by atoms with Gasteiger partial charge in [0, 0.05) is 116 Å². The Morgan fingerprint density at radius 1 is 0.193 bits per heavy atom. The van der Waals surface area contributed by atoms with E-state index in [0.29, 0.717) is 34.5 Å². The van der Waals surface area contributed by atoms with Crippen LogP contribution in [0.4, 0.5) is 0 Å². The van der Waals surface area contributed by atoms with Crippen LogP contribution in [0.15, 0.2) is 402 Å². The van der Waals surface area contributed by atoms with E-state index in [4.69, 9.17) is 29.5 Å². The Hall–Kier alpha value is -16.6. The van der Waals surface area contributed by atoms with Crippen LogP contribution in [-0.4, -0.2) is 86.6 Å². The number of nitrogens with zero attached hydrogens (tertiary/aromatic N) is 18. The molecule has 135 heavy (non-hydrogen) atoms. The standard InChI is InChI=1S/3C37H22N6O.3Pt/c1-3-14-31-28(12-1)29-19-18-27(23-33(29)41(31)35-16-5-7-20-38-35)44-26-11-9-10-25(22-26)43-37-30-13-2-4-15-32(30)42(34(37)24-40-43)36-17-6-8-21-39-36;1-3-14-32-29(12-1)30-18-17-28(22-34(30)42(32)36-16-5-6-20-39-36)44-27-11-7-9-25(21-27)43-37-31-13-2-4-15-33(31)41(35(37)24-40-43)26-10-8-19-38-23-26;1-3-12-32-29(10-1)30-16-15-28(23-34(30)42(32)36-14-5-6-19-39-36)44-27-9-7-8-26(22-27)43-37-31-11-2-4-13-33(31)41(35(37)24-40-43)25-17-20-38-21-18-25;;;/h1-21,24H;1-20,23-24H;1-21,24H;;;/q3*-2;3*+2. The monoisotopic (exact) mass is 2280 g/mol. The number of rotatable bonds is 15. The van der Waals surface area contributed by atoms with E-state index < -0.39 is 0 Å². The van der Waals surface area contributed by atoms with Gasteiger partial charge in [0.15, 0.2) is 0 Å². The summed E-state index contributed by atoms with van der Waals surface area (Å²) < 4.78 is 37.8. The largest absolute Gasteiger partial charge is 2.00 e. The van der Waals surface area contributed by atoms with Crippen molar-refractivity contribution in [3.05, 3.63) is 438 Å². The molecule has 0 atom stereocenters. The van der Waals surface area contributed by atoms with Crippen molar-refractivity contribution in [3.63, 3.8) is 0 Å². The van der Waals surface area contributed by atoms with Gasteiger partial charge in [-0.2, -0.15) is 51.7 Å². The smallest absolute Gasteiger partial charge is 0.509 e. The molecular weight excluding hydrogens is 2220 g/mol. The summed E-state index contributed by atoms with van der Waals surface area (Å²) in [5, 5.41) is 24.3. The quantitative estimate of drug-likeness (QED) is 0.0885. The van der Waals surface area contributed by atoms with E-state index in [1.807, 2.05) is 245 Å². The molecule has 12 aromatic carbocycles. The zero-order valence-electron chi connectivity index (χ0n) is 70.8. The number of benzene rings is 12. The van der Waals surface area contributed by atoms with Gasteiger partial charge in [-0.05, 0) is 142 Å². The van der Waals surface area contributed by atoms with Gasteiger partial charge >= 0.3 is 63.2 Å². The number of aromatic nitrogens is 18. The van der Waals surface area contributed by atoms with Gasteiger partial charge in [0.25, 0.3) is 0 Å². The van der Waals surface area contributed by atoms with Crippen LogP contribution in [0.3, 0.4) is 0 Å². The first-order valence-corrected chi connectivity index (χ1v) is 42.9. The second kappa shape index (κ2) is 35.6. The van der Waals surface area contributed by atoms with Crippen LogP contribution >= 0.6 is 0 Å². The number of ether oxygens (including phenoxy) is 3. The SMILES string of the molecule is [Pt+2].[Pt+2].[Pt+2].[c-]1c(Oc2[c-]c3c(cc2)c2ccccc2n3-c2ccccn2)cccc1-n1ncc2c1c1ccccc1n2-c1ccccn1.[c-]1c(Oc2[c-]c3c(cc2)c2ccccc2n3-c2ccccn2)cccc1-n1ncc2c1c1ccccc1n2-c1cccnc1.[c-]1c(Oc2[c-]c3c(cc2)c2ccccc2n3-c2ccccn2)cccc1-n1ncc2c1c1ccccc1n2-c1ccncc1. The predicted molar refractivity (Wildman–Crippen MR) is 516 cm³/mol. The Labute approximate surface area is 813 Å². The van der Waals surface area contributed by atoms with Gasteiger partial charge in [-0.25, -0.2) is 19.9 Å². The van der Waals surface area contributed by atoms with E-state index in [9.17, 15) is 0 Å². The van der Waals surface area contributed by atoms with Gasteiger partial charge < -0.3 is 37.0 Å². The third-order valence-electron chi connectivity index (χ3n) is 23.8. The minimum Gasteiger partial charge on any atom is -0.509 e. The topological polar surface area (TPSA) is 188 Å². The molecule has 27 rings (SSSR count). The normalized spacial score (nSPS) is 11.4. The maximum absolute atomic E-state index is 6.39. The molecule has 24 heteroatoms. The maximum atomic E-state index is 6.39. The van der Waals surface area contributed by atoms with Crippen LogP contribution in [0, 0.1) is 36.4 Å². The Morgan fingerprint density at radius 2 is 0.496 bits per heavy atom. The molecule has 15 aromatic heterocycles. The number of hydrogen-bond acceptors (Lipinski definition) is 12. The molecule has 0 unspecified atom stereocenters. The van der Waals surface area contributed by atoms with E-state index in [0.717, 1.165) is 183 Å². The zero-order valence-corrected chi connectivity index (χ0v) is 77.6. The van der Waals surface area contributed by atoms with Crippen LogP contribution < -0.4 is 14.2 Å². The third-order valence-corrected chi connectivity index (χ3v) is 23.8. The molecule has 0 N–H and O–H groups in total. The second-order valence-corrected chi connectivity index (χ2v) is 31.4. The van der Waals surface area contributed by atoms with Crippen LogP contribution in [-0.2, 0) is 63.2 Å². The molecule has 0 radical (unpaired) electrons. The molecule has 0 amide bonds. The molecule has 0 saturated heterocycles.